The summed E-state index contributed by atoms with van der Waals surface area (Å²) in [5.41, 5.74) is 2.45. The van der Waals surface area contributed by atoms with E-state index in [4.69, 9.17) is 4.74 Å². The number of ether oxygens (including phenoxy) is 1. The Bertz CT molecular complexity index is 423. The minimum Gasteiger partial charge on any atom is -0.380 e. The highest BCUT2D eigenvalue weighted by Crippen LogP contribution is 2.09. The lowest BCUT2D eigenvalue weighted by Crippen LogP contribution is -2.34. The van der Waals surface area contributed by atoms with Crippen LogP contribution in [0.3, 0.4) is 0 Å². The monoisotopic (exact) mass is 263 g/mol. The highest BCUT2D eigenvalue weighted by Gasteiger charge is 2.17. The lowest BCUT2D eigenvalue weighted by atomic mass is 10.1. The van der Waals surface area contributed by atoms with Crippen molar-refractivity contribution in [1.29, 1.82) is 0 Å². The number of rotatable bonds is 7. The lowest BCUT2D eigenvalue weighted by molar-refractivity contribution is 0.184. The van der Waals surface area contributed by atoms with Gasteiger partial charge in [-0.05, 0) is 11.1 Å². The molecule has 1 fully saturated rings. The fourth-order valence-corrected chi connectivity index (χ4v) is 2.19. The molecule has 1 saturated heterocycles. The minimum atomic E-state index is 0.0431. The SMILES string of the molecule is COCc1ccccc1CNCCN1CCNC1=O. The van der Waals surface area contributed by atoms with E-state index in [1.165, 1.54) is 11.1 Å². The summed E-state index contributed by atoms with van der Waals surface area (Å²) in [6, 6.07) is 8.27. The van der Waals surface area contributed by atoms with Crippen molar-refractivity contribution >= 4 is 6.03 Å². The van der Waals surface area contributed by atoms with Gasteiger partial charge in [-0.15, -0.1) is 0 Å². The summed E-state index contributed by atoms with van der Waals surface area (Å²) < 4.78 is 5.18. The fourth-order valence-electron chi connectivity index (χ4n) is 2.19. The second kappa shape index (κ2) is 7.11. The maximum absolute atomic E-state index is 11.3. The molecule has 0 saturated carbocycles. The average Bonchev–Trinajstić information content (AvgIpc) is 2.82. The third-order valence-electron chi connectivity index (χ3n) is 3.24. The van der Waals surface area contributed by atoms with Crippen molar-refractivity contribution in [1.82, 2.24) is 15.5 Å². The van der Waals surface area contributed by atoms with Crippen LogP contribution in [-0.2, 0) is 17.9 Å². The highest BCUT2D eigenvalue weighted by atomic mass is 16.5. The molecule has 1 aliphatic heterocycles. The first-order valence-electron chi connectivity index (χ1n) is 6.60. The Balaban J connectivity index is 1.74. The Morgan fingerprint density at radius 2 is 2.16 bits per heavy atom. The van der Waals surface area contributed by atoms with E-state index in [-0.39, 0.29) is 6.03 Å². The number of hydrogen-bond acceptors (Lipinski definition) is 3. The number of hydrogen-bond donors (Lipinski definition) is 2. The van der Waals surface area contributed by atoms with Gasteiger partial charge < -0.3 is 20.3 Å². The number of amides is 2. The van der Waals surface area contributed by atoms with E-state index < -0.39 is 0 Å². The zero-order valence-corrected chi connectivity index (χ0v) is 11.3. The maximum Gasteiger partial charge on any atom is 0.317 e. The van der Waals surface area contributed by atoms with Crippen molar-refractivity contribution in [3.05, 3.63) is 35.4 Å². The molecule has 1 aliphatic rings. The van der Waals surface area contributed by atoms with Gasteiger partial charge in [0.1, 0.15) is 0 Å². The Morgan fingerprint density at radius 3 is 2.84 bits per heavy atom. The van der Waals surface area contributed by atoms with Crippen LogP contribution in [0.1, 0.15) is 11.1 Å². The van der Waals surface area contributed by atoms with E-state index >= 15 is 0 Å². The smallest absolute Gasteiger partial charge is 0.317 e. The number of carbonyl (C=O) groups is 1. The summed E-state index contributed by atoms with van der Waals surface area (Å²) in [4.78, 5) is 13.2. The van der Waals surface area contributed by atoms with Gasteiger partial charge in [-0.3, -0.25) is 0 Å². The quantitative estimate of drug-likeness (QED) is 0.720. The van der Waals surface area contributed by atoms with Gasteiger partial charge in [-0.2, -0.15) is 0 Å². The first kappa shape index (κ1) is 13.8. The Morgan fingerprint density at radius 1 is 1.37 bits per heavy atom. The molecule has 0 spiro atoms. The Kier molecular flexibility index (Phi) is 5.18. The maximum atomic E-state index is 11.3. The molecule has 0 aliphatic carbocycles. The molecule has 0 aromatic heterocycles. The molecule has 5 nitrogen and oxygen atoms in total. The number of urea groups is 1. The highest BCUT2D eigenvalue weighted by molar-refractivity contribution is 5.76. The van der Waals surface area contributed by atoms with Crippen LogP contribution >= 0.6 is 0 Å². The molecule has 2 N–H and O–H groups in total. The Labute approximate surface area is 113 Å². The third-order valence-corrected chi connectivity index (χ3v) is 3.24. The molecule has 0 atom stereocenters. The van der Waals surface area contributed by atoms with Gasteiger partial charge >= 0.3 is 6.03 Å². The predicted molar refractivity (Wildman–Crippen MR) is 73.8 cm³/mol. The summed E-state index contributed by atoms with van der Waals surface area (Å²) >= 11 is 0. The van der Waals surface area contributed by atoms with E-state index in [0.29, 0.717) is 6.61 Å². The third kappa shape index (κ3) is 3.94. The van der Waals surface area contributed by atoms with Crippen LogP contribution in [0.25, 0.3) is 0 Å². The number of benzene rings is 1. The number of methoxy groups -OCH3 is 1. The van der Waals surface area contributed by atoms with Crippen LogP contribution in [0.5, 0.6) is 0 Å². The van der Waals surface area contributed by atoms with Gasteiger partial charge in [0, 0.05) is 39.8 Å². The lowest BCUT2D eigenvalue weighted by Gasteiger charge is -2.15. The molecule has 0 bridgehead atoms. The van der Waals surface area contributed by atoms with Crippen molar-refractivity contribution in [2.75, 3.05) is 33.3 Å². The topological polar surface area (TPSA) is 53.6 Å². The van der Waals surface area contributed by atoms with Gasteiger partial charge in [-0.25, -0.2) is 4.79 Å². The molecule has 2 rings (SSSR count). The molecule has 1 aromatic carbocycles. The van der Waals surface area contributed by atoms with Gasteiger partial charge in [0.2, 0.25) is 0 Å². The van der Waals surface area contributed by atoms with Gasteiger partial charge in [0.15, 0.2) is 0 Å². The molecule has 1 aromatic rings. The Hall–Kier alpha value is -1.59. The summed E-state index contributed by atoms with van der Waals surface area (Å²) in [5, 5.41) is 6.17. The molecule has 2 amide bonds. The van der Waals surface area contributed by atoms with E-state index in [1.807, 2.05) is 17.0 Å². The van der Waals surface area contributed by atoms with E-state index in [1.54, 1.807) is 7.11 Å². The first-order valence-corrected chi connectivity index (χ1v) is 6.60. The van der Waals surface area contributed by atoms with Crippen molar-refractivity contribution in [3.8, 4) is 0 Å². The molecular formula is C14H21N3O2. The molecule has 1 heterocycles. The summed E-state index contributed by atoms with van der Waals surface area (Å²) in [6.45, 7) is 4.55. The normalized spacial score (nSPS) is 14.8. The molecule has 0 unspecified atom stereocenters. The zero-order valence-electron chi connectivity index (χ0n) is 11.3. The van der Waals surface area contributed by atoms with Gasteiger partial charge in [0.25, 0.3) is 0 Å². The van der Waals surface area contributed by atoms with Crippen LogP contribution in [0.4, 0.5) is 4.79 Å². The zero-order chi connectivity index (χ0) is 13.5. The van der Waals surface area contributed by atoms with Crippen LogP contribution in [0, 0.1) is 0 Å². The number of carbonyl (C=O) groups excluding carboxylic acids is 1. The van der Waals surface area contributed by atoms with Gasteiger partial charge in [-0.1, -0.05) is 24.3 Å². The second-order valence-electron chi connectivity index (χ2n) is 4.60. The average molecular weight is 263 g/mol. The van der Waals surface area contributed by atoms with Crippen molar-refractivity contribution < 1.29 is 9.53 Å². The summed E-state index contributed by atoms with van der Waals surface area (Å²) in [7, 11) is 1.70. The second-order valence-corrected chi connectivity index (χ2v) is 4.60. The fraction of sp³-hybridized carbons (Fsp3) is 0.500. The first-order chi connectivity index (χ1) is 9.31. The van der Waals surface area contributed by atoms with Crippen molar-refractivity contribution in [3.63, 3.8) is 0 Å². The molecule has 5 heteroatoms. The van der Waals surface area contributed by atoms with Gasteiger partial charge in [0.05, 0.1) is 6.61 Å². The largest absolute Gasteiger partial charge is 0.380 e. The predicted octanol–water partition coefficient (Wildman–Crippen LogP) is 0.948. The molecule has 104 valence electrons. The van der Waals surface area contributed by atoms with Crippen LogP contribution < -0.4 is 10.6 Å². The van der Waals surface area contributed by atoms with Crippen LogP contribution in [0.2, 0.25) is 0 Å². The molecule has 0 radical (unpaired) electrons. The number of nitrogens with one attached hydrogen (secondary N) is 2. The van der Waals surface area contributed by atoms with E-state index in [2.05, 4.69) is 22.8 Å². The van der Waals surface area contributed by atoms with Crippen LogP contribution in [0.15, 0.2) is 24.3 Å². The van der Waals surface area contributed by atoms with Crippen LogP contribution in [-0.4, -0.2) is 44.2 Å². The molecular weight excluding hydrogens is 242 g/mol. The van der Waals surface area contributed by atoms with E-state index in [0.717, 1.165) is 32.7 Å². The summed E-state index contributed by atoms with van der Waals surface area (Å²) in [5.74, 6) is 0. The number of nitrogens with zero attached hydrogens (tertiary/aromatic N) is 1. The van der Waals surface area contributed by atoms with E-state index in [9.17, 15) is 4.79 Å². The van der Waals surface area contributed by atoms with Crippen molar-refractivity contribution in [2.24, 2.45) is 0 Å². The standard InChI is InChI=1S/C14H21N3O2/c1-19-11-13-5-3-2-4-12(13)10-15-6-8-17-9-7-16-14(17)18/h2-5,15H,6-11H2,1H3,(H,16,18). The summed E-state index contributed by atoms with van der Waals surface area (Å²) in [6.07, 6.45) is 0. The van der Waals surface area contributed by atoms with Crippen molar-refractivity contribution in [2.45, 2.75) is 13.2 Å². The molecule has 19 heavy (non-hydrogen) atoms. The minimum absolute atomic E-state index is 0.0431.